The van der Waals surface area contributed by atoms with Crippen molar-refractivity contribution in [1.29, 1.82) is 0 Å². The highest BCUT2D eigenvalue weighted by atomic mass is 32.1. The van der Waals surface area contributed by atoms with Crippen LogP contribution in [0, 0.1) is 0 Å². The lowest BCUT2D eigenvalue weighted by atomic mass is 10.1. The number of nitrogens with zero attached hydrogens (tertiary/aromatic N) is 2. The van der Waals surface area contributed by atoms with E-state index in [9.17, 15) is 0 Å². The maximum Gasteiger partial charge on any atom is 0.203 e. The number of hydrogen-bond acceptors (Lipinski definition) is 7. The van der Waals surface area contributed by atoms with Crippen molar-refractivity contribution in [3.63, 3.8) is 0 Å². The molecular weight excluding hydrogens is 350 g/mol. The Morgan fingerprint density at radius 1 is 1.12 bits per heavy atom. The van der Waals surface area contributed by atoms with Crippen LogP contribution in [-0.4, -0.2) is 32.0 Å². The lowest BCUT2D eigenvalue weighted by Gasteiger charge is -2.14. The molecule has 0 fully saturated rings. The molecule has 1 aromatic carbocycles. The van der Waals surface area contributed by atoms with Gasteiger partial charge in [0, 0.05) is 16.5 Å². The monoisotopic (exact) mass is 371 g/mol. The van der Waals surface area contributed by atoms with Crippen molar-refractivity contribution in [2.24, 2.45) is 10.9 Å². The molecule has 0 bridgehead atoms. The summed E-state index contributed by atoms with van der Waals surface area (Å²) < 4.78 is 16.2. The van der Waals surface area contributed by atoms with E-state index in [1.54, 1.807) is 32.7 Å². The highest BCUT2D eigenvalue weighted by Gasteiger charge is 2.19. The summed E-state index contributed by atoms with van der Waals surface area (Å²) in [5, 5.41) is 6.87. The quantitative estimate of drug-likeness (QED) is 0.477. The van der Waals surface area contributed by atoms with Crippen molar-refractivity contribution in [1.82, 2.24) is 4.98 Å². The highest BCUT2D eigenvalue weighted by molar-refractivity contribution is 7.11. The van der Waals surface area contributed by atoms with Crippen LogP contribution in [0.25, 0.3) is 5.57 Å². The van der Waals surface area contributed by atoms with Gasteiger partial charge in [-0.2, -0.15) is 5.10 Å². The molecule has 1 heterocycles. The summed E-state index contributed by atoms with van der Waals surface area (Å²) >= 11 is 1.57. The summed E-state index contributed by atoms with van der Waals surface area (Å²) in [5.74, 6) is 7.29. The smallest absolute Gasteiger partial charge is 0.203 e. The van der Waals surface area contributed by atoms with E-state index in [2.05, 4.69) is 23.3 Å². The Labute approximate surface area is 156 Å². The molecule has 1 aliphatic carbocycles. The molecule has 0 spiro atoms. The molecule has 2 aromatic rings. The minimum absolute atomic E-state index is 0.520. The summed E-state index contributed by atoms with van der Waals surface area (Å²) in [5.41, 5.74) is 3.15. The maximum absolute atomic E-state index is 5.69. The highest BCUT2D eigenvalue weighted by Crippen LogP contribution is 2.39. The Hall–Kier alpha value is -2.80. The number of hydrogen-bond donors (Lipinski definition) is 1. The summed E-state index contributed by atoms with van der Waals surface area (Å²) in [4.78, 5) is 4.71. The van der Waals surface area contributed by atoms with Crippen LogP contribution in [0.5, 0.6) is 17.2 Å². The first-order valence-corrected chi connectivity index (χ1v) is 9.01. The number of ether oxygens (including phenoxy) is 3. The number of rotatable bonds is 6. The van der Waals surface area contributed by atoms with Crippen molar-refractivity contribution in [2.75, 3.05) is 21.3 Å². The van der Waals surface area contributed by atoms with Crippen molar-refractivity contribution < 1.29 is 14.2 Å². The number of allylic oxidation sites excluding steroid dienone is 4. The Kier molecular flexibility index (Phi) is 5.58. The van der Waals surface area contributed by atoms with E-state index < -0.39 is 0 Å². The molecule has 1 aromatic heterocycles. The lowest BCUT2D eigenvalue weighted by molar-refractivity contribution is 0.324. The maximum atomic E-state index is 5.69. The van der Waals surface area contributed by atoms with Gasteiger partial charge in [0.1, 0.15) is 16.4 Å². The number of hydrazone groups is 1. The van der Waals surface area contributed by atoms with Gasteiger partial charge in [-0.1, -0.05) is 18.2 Å². The zero-order valence-corrected chi connectivity index (χ0v) is 15.8. The van der Waals surface area contributed by atoms with Gasteiger partial charge in [-0.25, -0.2) is 4.98 Å². The number of aromatic nitrogens is 1. The van der Waals surface area contributed by atoms with Crippen molar-refractivity contribution in [3.8, 4) is 17.2 Å². The Morgan fingerprint density at radius 3 is 2.38 bits per heavy atom. The minimum Gasteiger partial charge on any atom is -0.493 e. The van der Waals surface area contributed by atoms with Gasteiger partial charge in [0.2, 0.25) is 5.75 Å². The summed E-state index contributed by atoms with van der Waals surface area (Å²) in [6.07, 6.45) is 8.56. The summed E-state index contributed by atoms with van der Waals surface area (Å²) in [6.45, 7) is 0. The van der Waals surface area contributed by atoms with Crippen molar-refractivity contribution in [2.45, 2.75) is 12.8 Å². The Bertz CT molecular complexity index is 859. The van der Waals surface area contributed by atoms with Crippen LogP contribution >= 0.6 is 11.3 Å². The molecule has 0 radical (unpaired) electrons. The molecule has 1 aliphatic rings. The zero-order valence-electron chi connectivity index (χ0n) is 15.0. The molecule has 3 rings (SSSR count). The lowest BCUT2D eigenvalue weighted by Crippen LogP contribution is -2.08. The number of methoxy groups -OCH3 is 3. The zero-order chi connectivity index (χ0) is 18.5. The third kappa shape index (κ3) is 3.43. The summed E-state index contributed by atoms with van der Waals surface area (Å²) in [6, 6.07) is 3.62. The van der Waals surface area contributed by atoms with E-state index in [-0.39, 0.29) is 0 Å². The fourth-order valence-electron chi connectivity index (χ4n) is 2.79. The van der Waals surface area contributed by atoms with Gasteiger partial charge in [0.05, 0.1) is 21.3 Å². The predicted molar refractivity (Wildman–Crippen MR) is 104 cm³/mol. The molecule has 0 saturated heterocycles. The van der Waals surface area contributed by atoms with Crippen LogP contribution in [0.3, 0.4) is 0 Å². The fourth-order valence-corrected chi connectivity index (χ4v) is 3.62. The molecular formula is C19H21N3O3S. The van der Waals surface area contributed by atoms with Gasteiger partial charge in [-0.3, -0.25) is 0 Å². The van der Waals surface area contributed by atoms with Gasteiger partial charge in [0.15, 0.2) is 11.5 Å². The third-order valence-electron chi connectivity index (χ3n) is 4.06. The second kappa shape index (κ2) is 8.05. The van der Waals surface area contributed by atoms with Gasteiger partial charge in [-0.15, -0.1) is 11.3 Å². The van der Waals surface area contributed by atoms with E-state index in [4.69, 9.17) is 25.0 Å². The number of nitrogens with two attached hydrogens (primary N) is 1. The standard InChI is InChI=1S/C19H21N3O3S/c1-23-15-9-13(10-16(24-2)18(15)25-3)17(22-20)14-11-26-19(21-14)12-7-5-4-6-8-12/h5,7-11H,4,6,20H2,1-3H3. The summed E-state index contributed by atoms with van der Waals surface area (Å²) in [7, 11) is 4.71. The topological polar surface area (TPSA) is 79.0 Å². The molecule has 26 heavy (non-hydrogen) atoms. The molecule has 0 amide bonds. The molecule has 136 valence electrons. The van der Waals surface area contributed by atoms with E-state index >= 15 is 0 Å². The van der Waals surface area contributed by atoms with E-state index in [1.165, 1.54) is 0 Å². The molecule has 0 atom stereocenters. The number of benzene rings is 1. The van der Waals surface area contributed by atoms with Crippen LogP contribution in [0.2, 0.25) is 0 Å². The predicted octanol–water partition coefficient (Wildman–Crippen LogP) is 3.61. The third-order valence-corrected chi connectivity index (χ3v) is 4.95. The van der Waals surface area contributed by atoms with Crippen LogP contribution < -0.4 is 20.1 Å². The number of thiazole rings is 1. The van der Waals surface area contributed by atoms with Crippen molar-refractivity contribution in [3.05, 3.63) is 52.0 Å². The van der Waals surface area contributed by atoms with Crippen LogP contribution in [0.15, 0.2) is 40.8 Å². The first kappa shape index (κ1) is 18.0. The first-order valence-electron chi connectivity index (χ1n) is 8.13. The minimum atomic E-state index is 0.520. The molecule has 7 heteroatoms. The molecule has 6 nitrogen and oxygen atoms in total. The van der Waals surface area contributed by atoms with Crippen molar-refractivity contribution >= 4 is 22.6 Å². The van der Waals surface area contributed by atoms with Crippen LogP contribution in [-0.2, 0) is 0 Å². The van der Waals surface area contributed by atoms with Gasteiger partial charge in [-0.05, 0) is 25.0 Å². The van der Waals surface area contributed by atoms with Gasteiger partial charge < -0.3 is 20.1 Å². The molecule has 0 saturated carbocycles. The second-order valence-electron chi connectivity index (χ2n) is 5.57. The van der Waals surface area contributed by atoms with Gasteiger partial charge >= 0.3 is 0 Å². The molecule has 0 aliphatic heterocycles. The molecule has 2 N–H and O–H groups in total. The largest absolute Gasteiger partial charge is 0.493 e. The SMILES string of the molecule is COc1cc(C(=NN)c2csc(C3=CCCC=C3)n2)cc(OC)c1OC. The first-order chi connectivity index (χ1) is 12.7. The van der Waals surface area contributed by atoms with Crippen LogP contribution in [0.1, 0.15) is 29.1 Å². The molecule has 0 unspecified atom stereocenters. The van der Waals surface area contributed by atoms with Gasteiger partial charge in [0.25, 0.3) is 0 Å². The van der Waals surface area contributed by atoms with E-state index in [1.807, 2.05) is 17.5 Å². The van der Waals surface area contributed by atoms with Crippen LogP contribution in [0.4, 0.5) is 0 Å². The Balaban J connectivity index is 2.01. The average Bonchev–Trinajstić information content (AvgIpc) is 3.18. The van der Waals surface area contributed by atoms with E-state index in [0.29, 0.717) is 28.7 Å². The van der Waals surface area contributed by atoms with E-state index in [0.717, 1.165) is 29.0 Å². The second-order valence-corrected chi connectivity index (χ2v) is 6.43. The normalized spacial score (nSPS) is 14.1. The average molecular weight is 371 g/mol. The fraction of sp³-hybridized carbons (Fsp3) is 0.263. The Morgan fingerprint density at radius 2 is 1.85 bits per heavy atom.